The molecule has 1 aromatic heterocycles. The molecule has 3 amide bonds. The van der Waals surface area contributed by atoms with E-state index >= 15 is 0 Å². The highest BCUT2D eigenvalue weighted by atomic mass is 32.2. The normalized spacial score (nSPS) is 17.7. The number of hydrogen-bond donors (Lipinski definition) is 2. The van der Waals surface area contributed by atoms with E-state index in [1.54, 1.807) is 64.5 Å². The van der Waals surface area contributed by atoms with E-state index in [9.17, 15) is 22.4 Å². The number of carbonyl (C=O) groups excluding carboxylic acids is 2. The van der Waals surface area contributed by atoms with Crippen LogP contribution < -0.4 is 10.0 Å². The summed E-state index contributed by atoms with van der Waals surface area (Å²) in [7, 11) is -3.90. The number of para-hydroxylation sites is 1. The molecule has 1 atom stereocenters. The molecule has 1 unspecified atom stereocenters. The minimum absolute atomic E-state index is 0.0661. The number of pyridine rings is 1. The highest BCUT2D eigenvalue weighted by molar-refractivity contribution is 7.93. The molecule has 1 aliphatic carbocycles. The molecule has 196 valence electrons. The maximum Gasteiger partial charge on any atom is 0.318 e. The Morgan fingerprint density at radius 1 is 0.947 bits per heavy atom. The number of allylic oxidation sites excluding steroid dienone is 2. The largest absolute Gasteiger partial charge is 0.335 e. The first-order chi connectivity index (χ1) is 18.3. The first-order valence-corrected chi connectivity index (χ1v) is 13.6. The Morgan fingerprint density at radius 3 is 2.39 bits per heavy atom. The van der Waals surface area contributed by atoms with Gasteiger partial charge in [0.15, 0.2) is 0 Å². The minimum Gasteiger partial charge on any atom is -0.335 e. The fourth-order valence-electron chi connectivity index (χ4n) is 4.45. The maximum absolute atomic E-state index is 13.9. The van der Waals surface area contributed by atoms with Crippen molar-refractivity contribution in [2.75, 3.05) is 30.9 Å². The van der Waals surface area contributed by atoms with Crippen LogP contribution in [0.5, 0.6) is 0 Å². The smallest absolute Gasteiger partial charge is 0.318 e. The van der Waals surface area contributed by atoms with Crippen LogP contribution in [0, 0.1) is 0 Å². The third-order valence-corrected chi connectivity index (χ3v) is 7.93. The van der Waals surface area contributed by atoms with Crippen molar-refractivity contribution in [3.63, 3.8) is 0 Å². The Hall–Kier alpha value is -4.25. The second-order valence-corrected chi connectivity index (χ2v) is 10.7. The van der Waals surface area contributed by atoms with Crippen molar-refractivity contribution in [2.24, 2.45) is 0 Å². The summed E-state index contributed by atoms with van der Waals surface area (Å²) in [5.74, 6) is -0.599. The van der Waals surface area contributed by atoms with Gasteiger partial charge in [-0.3, -0.25) is 14.5 Å². The van der Waals surface area contributed by atoms with Crippen molar-refractivity contribution >= 4 is 38.6 Å². The fourth-order valence-corrected chi connectivity index (χ4v) is 5.69. The van der Waals surface area contributed by atoms with Crippen molar-refractivity contribution in [1.82, 2.24) is 20.1 Å². The second kappa shape index (κ2) is 10.6. The van der Waals surface area contributed by atoms with Gasteiger partial charge in [0.1, 0.15) is 10.7 Å². The molecular formula is C27H26FN5O4S. The van der Waals surface area contributed by atoms with Crippen molar-refractivity contribution < 1.29 is 22.4 Å². The average Bonchev–Trinajstić information content (AvgIpc) is 2.94. The predicted molar refractivity (Wildman–Crippen MR) is 142 cm³/mol. The quantitative estimate of drug-likeness (QED) is 0.518. The number of nitrogens with zero attached hydrogens (tertiary/aromatic N) is 3. The zero-order chi connectivity index (χ0) is 26.7. The van der Waals surface area contributed by atoms with Crippen molar-refractivity contribution in [2.45, 2.75) is 17.4 Å². The summed E-state index contributed by atoms with van der Waals surface area (Å²) in [6.45, 7) is 1.31. The minimum atomic E-state index is -3.90. The molecule has 9 nitrogen and oxygen atoms in total. The number of nitrogens with one attached hydrogen (secondary N) is 2. The van der Waals surface area contributed by atoms with Gasteiger partial charge < -0.3 is 15.1 Å². The number of aromatic nitrogens is 1. The summed E-state index contributed by atoms with van der Waals surface area (Å²) < 4.78 is 42.5. The van der Waals surface area contributed by atoms with Gasteiger partial charge in [0.2, 0.25) is 0 Å². The summed E-state index contributed by atoms with van der Waals surface area (Å²) in [6, 6.07) is 13.6. The molecule has 0 saturated carbocycles. The molecule has 1 fully saturated rings. The molecule has 38 heavy (non-hydrogen) atoms. The number of hydrogen-bond acceptors (Lipinski definition) is 5. The Kier molecular flexibility index (Phi) is 7.10. The summed E-state index contributed by atoms with van der Waals surface area (Å²) >= 11 is 0. The summed E-state index contributed by atoms with van der Waals surface area (Å²) in [5, 5.41) is 3.40. The lowest BCUT2D eigenvalue weighted by molar-refractivity contribution is 0.0663. The second-order valence-electron chi connectivity index (χ2n) is 9.01. The molecule has 0 bridgehead atoms. The Bertz CT molecular complexity index is 1530. The van der Waals surface area contributed by atoms with E-state index in [0.29, 0.717) is 54.8 Å². The maximum atomic E-state index is 13.9. The number of anilines is 1. The van der Waals surface area contributed by atoms with Gasteiger partial charge in [0.05, 0.1) is 11.6 Å². The van der Waals surface area contributed by atoms with Crippen LogP contribution in [0.2, 0.25) is 0 Å². The third-order valence-electron chi connectivity index (χ3n) is 6.52. The SMILES string of the molecule is O=C(NC1CC=CC=C1F)N1CCN(C(=O)c2ccc(NS(=O)(=O)c3cccc4cccnc34)cc2)CC1. The number of halogens is 1. The highest BCUT2D eigenvalue weighted by Gasteiger charge is 2.27. The first-order valence-electron chi connectivity index (χ1n) is 12.2. The van der Waals surface area contributed by atoms with Crippen LogP contribution in [0.3, 0.4) is 0 Å². The van der Waals surface area contributed by atoms with Gasteiger partial charge in [-0.1, -0.05) is 30.4 Å². The lowest BCUT2D eigenvalue weighted by Gasteiger charge is -2.35. The Labute approximate surface area is 219 Å². The molecule has 2 aliphatic rings. The lowest BCUT2D eigenvalue weighted by atomic mass is 10.1. The molecule has 5 rings (SSSR count). The summed E-state index contributed by atoms with van der Waals surface area (Å²) in [5.41, 5.74) is 1.09. The Morgan fingerprint density at radius 2 is 1.66 bits per heavy atom. The van der Waals surface area contributed by atoms with Crippen LogP contribution >= 0.6 is 0 Å². The number of benzene rings is 2. The zero-order valence-corrected chi connectivity index (χ0v) is 21.2. The van der Waals surface area contributed by atoms with Crippen LogP contribution in [-0.4, -0.2) is 67.4 Å². The van der Waals surface area contributed by atoms with Crippen LogP contribution in [0.25, 0.3) is 10.9 Å². The number of sulfonamides is 1. The molecule has 1 aliphatic heterocycles. The first kappa shape index (κ1) is 25.4. The van der Waals surface area contributed by atoms with Crippen LogP contribution in [0.4, 0.5) is 14.9 Å². The molecule has 2 heterocycles. The molecule has 0 radical (unpaired) electrons. The van der Waals surface area contributed by atoms with E-state index in [1.807, 2.05) is 0 Å². The van der Waals surface area contributed by atoms with Gasteiger partial charge in [-0.25, -0.2) is 17.6 Å². The number of rotatable bonds is 5. The van der Waals surface area contributed by atoms with E-state index in [2.05, 4.69) is 15.0 Å². The van der Waals surface area contributed by atoms with E-state index < -0.39 is 16.1 Å². The van der Waals surface area contributed by atoms with Gasteiger partial charge in [0, 0.05) is 49.0 Å². The lowest BCUT2D eigenvalue weighted by Crippen LogP contribution is -2.54. The number of urea groups is 1. The van der Waals surface area contributed by atoms with E-state index in [-0.39, 0.29) is 22.7 Å². The number of carbonyl (C=O) groups is 2. The molecule has 0 spiro atoms. The molecular weight excluding hydrogens is 509 g/mol. The highest BCUT2D eigenvalue weighted by Crippen LogP contribution is 2.24. The zero-order valence-electron chi connectivity index (χ0n) is 20.4. The molecule has 11 heteroatoms. The van der Waals surface area contributed by atoms with E-state index in [4.69, 9.17) is 0 Å². The van der Waals surface area contributed by atoms with Crippen molar-refractivity contribution in [3.05, 3.63) is 90.4 Å². The van der Waals surface area contributed by atoms with Crippen molar-refractivity contribution in [3.8, 4) is 0 Å². The third kappa shape index (κ3) is 5.37. The Balaban J connectivity index is 1.18. The summed E-state index contributed by atoms with van der Waals surface area (Å²) in [6.07, 6.45) is 6.69. The van der Waals surface area contributed by atoms with Gasteiger partial charge in [-0.15, -0.1) is 0 Å². The summed E-state index contributed by atoms with van der Waals surface area (Å²) in [4.78, 5) is 33.0. The predicted octanol–water partition coefficient (Wildman–Crippen LogP) is 3.68. The molecule has 1 saturated heterocycles. The topological polar surface area (TPSA) is 112 Å². The number of piperazine rings is 1. The van der Waals surface area contributed by atoms with Gasteiger partial charge in [-0.2, -0.15) is 0 Å². The van der Waals surface area contributed by atoms with Crippen molar-refractivity contribution in [1.29, 1.82) is 0 Å². The molecule has 2 aromatic carbocycles. The standard InChI is InChI=1S/C27H26FN5O4S/c28-22-7-1-2-8-23(22)30-27(35)33-17-15-32(16-18-33)26(34)20-10-12-21(13-11-20)31-38(36,37)24-9-3-5-19-6-4-14-29-25(19)24/h1-7,9-14,23,31H,8,15-18H2,(H,30,35). The number of amides is 3. The van der Waals surface area contributed by atoms with E-state index in [0.717, 1.165) is 0 Å². The van der Waals surface area contributed by atoms with Gasteiger partial charge in [-0.05, 0) is 48.9 Å². The number of fused-ring (bicyclic) bond motifs is 1. The fraction of sp³-hybridized carbons (Fsp3) is 0.222. The van der Waals surface area contributed by atoms with Crippen LogP contribution in [0.15, 0.2) is 89.7 Å². The average molecular weight is 536 g/mol. The van der Waals surface area contributed by atoms with Gasteiger partial charge >= 0.3 is 6.03 Å². The van der Waals surface area contributed by atoms with E-state index in [1.165, 1.54) is 24.3 Å². The molecule has 3 aromatic rings. The van der Waals surface area contributed by atoms with Crippen LogP contribution in [-0.2, 0) is 10.0 Å². The van der Waals surface area contributed by atoms with Gasteiger partial charge in [0.25, 0.3) is 15.9 Å². The molecule has 2 N–H and O–H groups in total. The van der Waals surface area contributed by atoms with Crippen LogP contribution in [0.1, 0.15) is 16.8 Å². The monoisotopic (exact) mass is 535 g/mol.